The third-order valence-corrected chi connectivity index (χ3v) is 3.77. The summed E-state index contributed by atoms with van der Waals surface area (Å²) in [7, 11) is 4.33. The summed E-state index contributed by atoms with van der Waals surface area (Å²) < 4.78 is 15.3. The predicted molar refractivity (Wildman–Crippen MR) is 102 cm³/mol. The summed E-state index contributed by atoms with van der Waals surface area (Å²) in [4.78, 5) is 12.1. The van der Waals surface area contributed by atoms with E-state index in [0.717, 1.165) is 11.3 Å². The molecule has 0 saturated carbocycles. The maximum absolute atomic E-state index is 12.1. The van der Waals surface area contributed by atoms with Gasteiger partial charge in [0.2, 0.25) is 0 Å². The molecule has 132 valence electrons. The van der Waals surface area contributed by atoms with E-state index in [1.54, 1.807) is 12.1 Å². The van der Waals surface area contributed by atoms with Crippen molar-refractivity contribution in [3.8, 4) is 11.5 Å². The van der Waals surface area contributed by atoms with Gasteiger partial charge in [-0.05, 0) is 30.8 Å². The average molecular weight is 360 g/mol. The quantitative estimate of drug-likeness (QED) is 0.623. The second kappa shape index (κ2) is 8.34. The molecule has 0 unspecified atom stereocenters. The van der Waals surface area contributed by atoms with Gasteiger partial charge in [-0.15, -0.1) is 0 Å². The van der Waals surface area contributed by atoms with Crippen molar-refractivity contribution in [3.63, 3.8) is 0 Å². The van der Waals surface area contributed by atoms with Crippen molar-refractivity contribution in [2.45, 2.75) is 6.92 Å². The first-order valence-corrected chi connectivity index (χ1v) is 7.89. The number of hydrogen-bond donors (Lipinski definition) is 2. The molecule has 6 nitrogen and oxygen atoms in total. The van der Waals surface area contributed by atoms with E-state index >= 15 is 0 Å². The maximum Gasteiger partial charge on any atom is 0.340 e. The van der Waals surface area contributed by atoms with Gasteiger partial charge >= 0.3 is 5.97 Å². The Morgan fingerprint density at radius 3 is 2.16 bits per heavy atom. The Labute approximate surface area is 152 Å². The van der Waals surface area contributed by atoms with Gasteiger partial charge in [0.15, 0.2) is 16.6 Å². The zero-order valence-corrected chi connectivity index (χ0v) is 15.3. The Kier molecular flexibility index (Phi) is 6.19. The lowest BCUT2D eigenvalue weighted by atomic mass is 10.1. The molecule has 0 aliphatic rings. The summed E-state index contributed by atoms with van der Waals surface area (Å²) in [5, 5.41) is 6.46. The van der Waals surface area contributed by atoms with Crippen LogP contribution in [-0.2, 0) is 4.74 Å². The van der Waals surface area contributed by atoms with Crippen molar-refractivity contribution in [2.75, 3.05) is 32.0 Å². The maximum atomic E-state index is 12.1. The second-order valence-electron chi connectivity index (χ2n) is 5.14. The fourth-order valence-corrected chi connectivity index (χ4v) is 2.47. The van der Waals surface area contributed by atoms with Crippen LogP contribution in [0.2, 0.25) is 0 Å². The molecule has 0 saturated heterocycles. The SMILES string of the molecule is COC(=O)c1cc(OC)c(OC)cc1NC(=S)Nc1ccccc1C. The molecule has 0 atom stereocenters. The van der Waals surface area contributed by atoms with E-state index in [1.807, 2.05) is 31.2 Å². The van der Waals surface area contributed by atoms with E-state index in [4.69, 9.17) is 26.4 Å². The highest BCUT2D eigenvalue weighted by Crippen LogP contribution is 2.33. The van der Waals surface area contributed by atoms with Crippen LogP contribution in [0.1, 0.15) is 15.9 Å². The molecule has 0 aliphatic carbocycles. The van der Waals surface area contributed by atoms with Crippen LogP contribution in [0.25, 0.3) is 0 Å². The van der Waals surface area contributed by atoms with Crippen LogP contribution in [-0.4, -0.2) is 32.4 Å². The van der Waals surface area contributed by atoms with E-state index in [9.17, 15) is 4.79 Å². The molecule has 0 spiro atoms. The van der Waals surface area contributed by atoms with Gasteiger partial charge in [0, 0.05) is 17.8 Å². The highest BCUT2D eigenvalue weighted by Gasteiger charge is 2.18. The monoisotopic (exact) mass is 360 g/mol. The molecule has 0 fully saturated rings. The van der Waals surface area contributed by atoms with Crippen LogP contribution < -0.4 is 20.1 Å². The molecule has 7 heteroatoms. The normalized spacial score (nSPS) is 9.92. The fraction of sp³-hybridized carbons (Fsp3) is 0.222. The van der Waals surface area contributed by atoms with Gasteiger partial charge in [0.1, 0.15) is 0 Å². The first-order chi connectivity index (χ1) is 12.0. The lowest BCUT2D eigenvalue weighted by molar-refractivity contribution is 0.0601. The van der Waals surface area contributed by atoms with Gasteiger partial charge in [0.05, 0.1) is 32.6 Å². The number of rotatable bonds is 5. The van der Waals surface area contributed by atoms with Crippen molar-refractivity contribution in [1.29, 1.82) is 0 Å². The van der Waals surface area contributed by atoms with Crippen molar-refractivity contribution >= 4 is 34.7 Å². The van der Waals surface area contributed by atoms with Crippen LogP contribution >= 0.6 is 12.2 Å². The highest BCUT2D eigenvalue weighted by molar-refractivity contribution is 7.80. The zero-order chi connectivity index (χ0) is 18.4. The highest BCUT2D eigenvalue weighted by atomic mass is 32.1. The Morgan fingerprint density at radius 2 is 1.56 bits per heavy atom. The number of methoxy groups -OCH3 is 3. The summed E-state index contributed by atoms with van der Waals surface area (Å²) in [6.45, 7) is 1.97. The van der Waals surface area contributed by atoms with Crippen LogP contribution in [0.3, 0.4) is 0 Å². The van der Waals surface area contributed by atoms with Crippen LogP contribution in [0.5, 0.6) is 11.5 Å². The number of thiocarbonyl (C=S) groups is 1. The number of aryl methyl sites for hydroxylation is 1. The number of carbonyl (C=O) groups excluding carboxylic acids is 1. The van der Waals surface area contributed by atoms with Gasteiger partial charge in [-0.2, -0.15) is 0 Å². The van der Waals surface area contributed by atoms with E-state index in [-0.39, 0.29) is 5.56 Å². The molecule has 0 aromatic heterocycles. The topological polar surface area (TPSA) is 68.8 Å². The largest absolute Gasteiger partial charge is 0.493 e. The summed E-state index contributed by atoms with van der Waals surface area (Å²) >= 11 is 5.35. The number of nitrogens with one attached hydrogen (secondary N) is 2. The minimum atomic E-state index is -0.512. The van der Waals surface area contributed by atoms with Gasteiger partial charge < -0.3 is 24.8 Å². The third-order valence-electron chi connectivity index (χ3n) is 3.57. The van der Waals surface area contributed by atoms with Crippen molar-refractivity contribution < 1.29 is 19.0 Å². The predicted octanol–water partition coefficient (Wildman–Crippen LogP) is 3.61. The van der Waals surface area contributed by atoms with Crippen LogP contribution in [0, 0.1) is 6.92 Å². The summed E-state index contributed by atoms with van der Waals surface area (Å²) in [6.07, 6.45) is 0. The minimum absolute atomic E-state index is 0.286. The standard InChI is InChI=1S/C18H20N2O4S/c1-11-7-5-6-8-13(11)19-18(25)20-14-10-16(23-3)15(22-2)9-12(14)17(21)24-4/h5-10H,1-4H3,(H2,19,20,25). The summed E-state index contributed by atoms with van der Waals surface area (Å²) in [6, 6.07) is 10.9. The van der Waals surface area contributed by atoms with Crippen LogP contribution in [0.4, 0.5) is 11.4 Å². The first-order valence-electron chi connectivity index (χ1n) is 7.48. The third kappa shape index (κ3) is 4.39. The molecule has 0 aliphatic heterocycles. The molecule has 2 N–H and O–H groups in total. The number of para-hydroxylation sites is 1. The smallest absolute Gasteiger partial charge is 0.340 e. The van der Waals surface area contributed by atoms with E-state index in [1.165, 1.54) is 21.3 Å². The molecule has 0 heterocycles. The van der Waals surface area contributed by atoms with Crippen molar-refractivity contribution in [3.05, 3.63) is 47.5 Å². The fourth-order valence-electron chi connectivity index (χ4n) is 2.25. The lowest BCUT2D eigenvalue weighted by Gasteiger charge is -2.17. The minimum Gasteiger partial charge on any atom is -0.493 e. The Morgan fingerprint density at radius 1 is 0.960 bits per heavy atom. The Balaban J connectivity index is 2.32. The number of carbonyl (C=O) groups is 1. The van der Waals surface area contributed by atoms with Gasteiger partial charge in [-0.25, -0.2) is 4.79 Å². The first kappa shape index (κ1) is 18.5. The van der Waals surface area contributed by atoms with Gasteiger partial charge in [0.25, 0.3) is 0 Å². The van der Waals surface area contributed by atoms with Gasteiger partial charge in [-0.3, -0.25) is 0 Å². The molecule has 0 amide bonds. The number of esters is 1. The summed E-state index contributed by atoms with van der Waals surface area (Å²) in [5.74, 6) is 0.379. The number of ether oxygens (including phenoxy) is 3. The zero-order valence-electron chi connectivity index (χ0n) is 14.5. The molecule has 0 radical (unpaired) electrons. The van der Waals surface area contributed by atoms with Crippen LogP contribution in [0.15, 0.2) is 36.4 Å². The molecule has 0 bridgehead atoms. The van der Waals surface area contributed by atoms with Gasteiger partial charge in [-0.1, -0.05) is 18.2 Å². The van der Waals surface area contributed by atoms with Crippen molar-refractivity contribution in [1.82, 2.24) is 0 Å². The molecule has 2 aromatic carbocycles. The lowest BCUT2D eigenvalue weighted by Crippen LogP contribution is -2.21. The Bertz CT molecular complexity index is 793. The summed E-state index contributed by atoms with van der Waals surface area (Å²) in [5.41, 5.74) is 2.66. The van der Waals surface area contributed by atoms with E-state index < -0.39 is 5.97 Å². The molecule has 2 aromatic rings. The second-order valence-corrected chi connectivity index (χ2v) is 5.55. The Hall–Kier alpha value is -2.80. The number of hydrogen-bond acceptors (Lipinski definition) is 5. The molecule has 25 heavy (non-hydrogen) atoms. The average Bonchev–Trinajstić information content (AvgIpc) is 2.62. The van der Waals surface area contributed by atoms with E-state index in [0.29, 0.717) is 22.3 Å². The van der Waals surface area contributed by atoms with E-state index in [2.05, 4.69) is 10.6 Å². The molecule has 2 rings (SSSR count). The number of benzene rings is 2. The molecular formula is C18H20N2O4S. The number of anilines is 2. The molecular weight excluding hydrogens is 340 g/mol. The van der Waals surface area contributed by atoms with Crippen molar-refractivity contribution in [2.24, 2.45) is 0 Å².